The van der Waals surface area contributed by atoms with Crippen LogP contribution in [0.1, 0.15) is 17.5 Å². The number of methoxy groups -OCH3 is 1. The van der Waals surface area contributed by atoms with Gasteiger partial charge in [-0.1, -0.05) is 0 Å². The highest BCUT2D eigenvalue weighted by molar-refractivity contribution is 5.73. The molecule has 0 amide bonds. The van der Waals surface area contributed by atoms with Crippen molar-refractivity contribution in [2.75, 3.05) is 37.5 Å². The van der Waals surface area contributed by atoms with E-state index in [4.69, 9.17) is 9.37 Å². The number of ether oxygens (including phenoxy) is 1. The third kappa shape index (κ3) is 4.00. The molecule has 25 heavy (non-hydrogen) atoms. The van der Waals surface area contributed by atoms with Crippen molar-refractivity contribution >= 4 is 22.9 Å². The van der Waals surface area contributed by atoms with Gasteiger partial charge in [0.2, 0.25) is 11.3 Å². The number of pyridine rings is 1. The van der Waals surface area contributed by atoms with Crippen molar-refractivity contribution in [3.63, 3.8) is 0 Å². The zero-order valence-corrected chi connectivity index (χ0v) is 14.6. The van der Waals surface area contributed by atoms with Gasteiger partial charge in [0.25, 0.3) is 0 Å². The first-order chi connectivity index (χ1) is 12.2. The predicted molar refractivity (Wildman–Crippen MR) is 93.5 cm³/mol. The van der Waals surface area contributed by atoms with Gasteiger partial charge in [0, 0.05) is 46.2 Å². The summed E-state index contributed by atoms with van der Waals surface area (Å²) in [5.74, 6) is 1.34. The second-order valence-corrected chi connectivity index (χ2v) is 5.74. The van der Waals surface area contributed by atoms with E-state index in [0.29, 0.717) is 42.6 Å². The molecule has 0 bridgehead atoms. The first-order valence-corrected chi connectivity index (χ1v) is 8.02. The molecule has 9 heteroatoms. The summed E-state index contributed by atoms with van der Waals surface area (Å²) in [6.45, 7) is 4.10. The minimum absolute atomic E-state index is 0.381. The van der Waals surface area contributed by atoms with Crippen LogP contribution in [-0.4, -0.2) is 52.6 Å². The molecule has 9 nitrogen and oxygen atoms in total. The molecule has 0 aliphatic rings. The fourth-order valence-corrected chi connectivity index (χ4v) is 2.45. The van der Waals surface area contributed by atoms with E-state index in [1.54, 1.807) is 13.3 Å². The Kier molecular flexibility index (Phi) is 5.34. The summed E-state index contributed by atoms with van der Waals surface area (Å²) in [7, 11) is 3.65. The maximum absolute atomic E-state index is 5.08. The van der Waals surface area contributed by atoms with Crippen LogP contribution in [0.2, 0.25) is 0 Å². The smallest absolute Gasteiger partial charge is 0.245 e. The summed E-state index contributed by atoms with van der Waals surface area (Å²) in [6.07, 6.45) is 4.50. The van der Waals surface area contributed by atoms with E-state index in [-0.39, 0.29) is 0 Å². The van der Waals surface area contributed by atoms with Crippen molar-refractivity contribution in [3.8, 4) is 0 Å². The number of anilines is 2. The van der Waals surface area contributed by atoms with Crippen LogP contribution < -0.4 is 10.2 Å². The highest BCUT2D eigenvalue weighted by atomic mass is 16.6. The Labute approximate surface area is 145 Å². The summed E-state index contributed by atoms with van der Waals surface area (Å²) < 4.78 is 9.81. The molecule has 0 fully saturated rings. The van der Waals surface area contributed by atoms with Crippen LogP contribution >= 0.6 is 0 Å². The maximum atomic E-state index is 5.08. The van der Waals surface area contributed by atoms with Crippen LogP contribution in [0, 0.1) is 6.92 Å². The van der Waals surface area contributed by atoms with Gasteiger partial charge in [-0.05, 0) is 40.9 Å². The van der Waals surface area contributed by atoms with E-state index in [0.717, 1.165) is 12.0 Å². The quantitative estimate of drug-likeness (QED) is 0.613. The summed E-state index contributed by atoms with van der Waals surface area (Å²) in [5, 5.41) is 10.9. The predicted octanol–water partition coefficient (Wildman–Crippen LogP) is 1.80. The second kappa shape index (κ2) is 7.84. The third-order valence-corrected chi connectivity index (χ3v) is 3.82. The summed E-state index contributed by atoms with van der Waals surface area (Å²) in [6, 6.07) is 2.00. The Morgan fingerprint density at radius 2 is 2.04 bits per heavy atom. The fourth-order valence-electron chi connectivity index (χ4n) is 2.45. The Balaban J connectivity index is 1.85. The summed E-state index contributed by atoms with van der Waals surface area (Å²) in [4.78, 5) is 15.2. The number of rotatable bonds is 8. The van der Waals surface area contributed by atoms with E-state index in [1.807, 2.05) is 31.1 Å². The molecule has 3 heterocycles. The van der Waals surface area contributed by atoms with E-state index in [1.165, 1.54) is 5.56 Å². The highest BCUT2D eigenvalue weighted by Gasteiger charge is 2.16. The van der Waals surface area contributed by atoms with E-state index >= 15 is 0 Å². The van der Waals surface area contributed by atoms with Gasteiger partial charge >= 0.3 is 0 Å². The lowest BCUT2D eigenvalue weighted by Crippen LogP contribution is -2.21. The molecule has 3 aromatic heterocycles. The second-order valence-electron chi connectivity index (χ2n) is 5.74. The molecule has 0 aromatic carbocycles. The molecule has 1 N–H and O–H groups in total. The third-order valence-electron chi connectivity index (χ3n) is 3.82. The lowest BCUT2D eigenvalue weighted by Gasteiger charge is -2.21. The van der Waals surface area contributed by atoms with Crippen LogP contribution in [0.5, 0.6) is 0 Å². The normalized spacial score (nSPS) is 11.0. The average Bonchev–Trinajstić information content (AvgIpc) is 3.07. The van der Waals surface area contributed by atoms with Crippen molar-refractivity contribution in [1.29, 1.82) is 0 Å². The van der Waals surface area contributed by atoms with Crippen LogP contribution in [0.4, 0.5) is 11.6 Å². The lowest BCUT2D eigenvalue weighted by atomic mass is 10.1. The lowest BCUT2D eigenvalue weighted by molar-refractivity contribution is 0.198. The topological polar surface area (TPSA) is 102 Å². The fraction of sp³-hybridized carbons (Fsp3) is 0.438. The van der Waals surface area contributed by atoms with E-state index < -0.39 is 0 Å². The number of nitrogens with zero attached hydrogens (tertiary/aromatic N) is 6. The molecule has 132 valence electrons. The van der Waals surface area contributed by atoms with Crippen molar-refractivity contribution in [2.45, 2.75) is 19.9 Å². The van der Waals surface area contributed by atoms with Crippen molar-refractivity contribution in [1.82, 2.24) is 25.3 Å². The molecule has 0 spiro atoms. The van der Waals surface area contributed by atoms with Gasteiger partial charge in [-0.2, -0.15) is 0 Å². The maximum Gasteiger partial charge on any atom is 0.245 e. The van der Waals surface area contributed by atoms with Gasteiger partial charge in [-0.3, -0.25) is 4.98 Å². The molecule has 0 aliphatic carbocycles. The molecule has 0 unspecified atom stereocenters. The highest BCUT2D eigenvalue weighted by Crippen LogP contribution is 2.24. The molecular weight excluding hydrogens is 322 g/mol. The first kappa shape index (κ1) is 17.0. The van der Waals surface area contributed by atoms with Crippen LogP contribution in [0.25, 0.3) is 11.3 Å². The van der Waals surface area contributed by atoms with Crippen LogP contribution in [0.15, 0.2) is 23.1 Å². The van der Waals surface area contributed by atoms with Gasteiger partial charge in [0.15, 0.2) is 11.6 Å². The molecule has 0 aliphatic heterocycles. The zero-order chi connectivity index (χ0) is 17.6. The van der Waals surface area contributed by atoms with Crippen molar-refractivity contribution in [3.05, 3.63) is 29.6 Å². The number of aryl methyl sites for hydroxylation is 1. The minimum atomic E-state index is 0.381. The number of fused-ring (bicyclic) bond motifs is 1. The molecule has 3 aromatic rings. The van der Waals surface area contributed by atoms with Crippen LogP contribution in [-0.2, 0) is 11.3 Å². The molecule has 0 atom stereocenters. The monoisotopic (exact) mass is 343 g/mol. The van der Waals surface area contributed by atoms with Gasteiger partial charge in [-0.15, -0.1) is 0 Å². The van der Waals surface area contributed by atoms with Gasteiger partial charge in [0.1, 0.15) is 0 Å². The summed E-state index contributed by atoms with van der Waals surface area (Å²) in [5.41, 5.74) is 3.06. The van der Waals surface area contributed by atoms with Crippen molar-refractivity contribution in [2.24, 2.45) is 0 Å². The van der Waals surface area contributed by atoms with Crippen molar-refractivity contribution < 1.29 is 9.37 Å². The zero-order valence-electron chi connectivity index (χ0n) is 14.6. The standard InChI is InChI=1S/C16H21N7O2/c1-11-9-17-7-5-12(11)10-23(2)16-15(18-6-4-8-24-3)19-13-14(20-16)22-25-21-13/h5,7,9H,4,6,8,10H2,1-3H3,(H,18,19,21). The van der Waals surface area contributed by atoms with Gasteiger partial charge in [0.05, 0.1) is 0 Å². The summed E-state index contributed by atoms with van der Waals surface area (Å²) >= 11 is 0. The molecular formula is C16H21N7O2. The largest absolute Gasteiger partial charge is 0.385 e. The molecule has 0 saturated carbocycles. The Morgan fingerprint density at radius 1 is 1.24 bits per heavy atom. The molecule has 3 rings (SSSR count). The van der Waals surface area contributed by atoms with Gasteiger partial charge in [-0.25, -0.2) is 14.6 Å². The van der Waals surface area contributed by atoms with Gasteiger partial charge < -0.3 is 15.0 Å². The number of hydrogen-bond donors (Lipinski definition) is 1. The van der Waals surface area contributed by atoms with E-state index in [2.05, 4.69) is 30.6 Å². The van der Waals surface area contributed by atoms with Crippen LogP contribution in [0.3, 0.4) is 0 Å². The Bertz CT molecular complexity index is 836. The Morgan fingerprint density at radius 3 is 2.80 bits per heavy atom. The minimum Gasteiger partial charge on any atom is -0.385 e. The average molecular weight is 343 g/mol. The molecule has 0 radical (unpaired) electrons. The first-order valence-electron chi connectivity index (χ1n) is 8.02. The SMILES string of the molecule is COCCCNc1nc2nonc2nc1N(C)Cc1ccncc1C. The Hall–Kier alpha value is -2.81. The number of hydrogen-bond acceptors (Lipinski definition) is 9. The number of aromatic nitrogens is 5. The van der Waals surface area contributed by atoms with E-state index in [9.17, 15) is 0 Å². The molecule has 0 saturated heterocycles. The number of nitrogens with one attached hydrogen (secondary N) is 1.